The highest BCUT2D eigenvalue weighted by Crippen LogP contribution is 2.24. The van der Waals surface area contributed by atoms with Gasteiger partial charge in [-0.1, -0.05) is 30.3 Å². The second kappa shape index (κ2) is 5.25. The quantitative estimate of drug-likeness (QED) is 0.738. The number of hydrogen-bond donors (Lipinski definition) is 0. The van der Waals surface area contributed by atoms with Crippen LogP contribution in [0.15, 0.2) is 47.1 Å². The van der Waals surface area contributed by atoms with Gasteiger partial charge in [0.25, 0.3) is 0 Å². The lowest BCUT2D eigenvalue weighted by Crippen LogP contribution is -2.15. The van der Waals surface area contributed by atoms with E-state index in [4.69, 9.17) is 0 Å². The molecule has 3 rings (SSSR count). The van der Waals surface area contributed by atoms with E-state index < -0.39 is 0 Å². The molecule has 0 atom stereocenters. The number of benzene rings is 1. The van der Waals surface area contributed by atoms with Crippen LogP contribution < -0.4 is 4.90 Å². The Balaban J connectivity index is 2.15. The van der Waals surface area contributed by atoms with Gasteiger partial charge in [-0.15, -0.1) is 0 Å². The van der Waals surface area contributed by atoms with Crippen LogP contribution in [0.25, 0.3) is 11.2 Å². The number of hydrogen-bond acceptors (Lipinski definition) is 3. The van der Waals surface area contributed by atoms with Crippen molar-refractivity contribution in [2.45, 2.75) is 6.54 Å². The van der Waals surface area contributed by atoms with Crippen LogP contribution in [-0.2, 0) is 6.54 Å². The van der Waals surface area contributed by atoms with E-state index in [1.165, 1.54) is 5.56 Å². The van der Waals surface area contributed by atoms with Crippen molar-refractivity contribution in [2.24, 2.45) is 0 Å². The fourth-order valence-corrected chi connectivity index (χ4v) is 2.55. The van der Waals surface area contributed by atoms with Crippen molar-refractivity contribution >= 4 is 33.0 Å². The molecule has 2 aromatic heterocycles. The van der Waals surface area contributed by atoms with Gasteiger partial charge in [0.1, 0.15) is 0 Å². The SMILES string of the molecule is CN(C)c1nc2ncc(Br)cc2n1Cc1ccccc1. The molecule has 0 unspecified atom stereocenters. The molecule has 5 heteroatoms. The third-order valence-electron chi connectivity index (χ3n) is 3.14. The van der Waals surface area contributed by atoms with E-state index in [0.29, 0.717) is 0 Å². The monoisotopic (exact) mass is 330 g/mol. The predicted molar refractivity (Wildman–Crippen MR) is 85.1 cm³/mol. The highest BCUT2D eigenvalue weighted by molar-refractivity contribution is 9.10. The van der Waals surface area contributed by atoms with Crippen molar-refractivity contribution in [3.05, 3.63) is 52.6 Å². The molecule has 0 radical (unpaired) electrons. The van der Waals surface area contributed by atoms with E-state index in [2.05, 4.69) is 60.8 Å². The van der Waals surface area contributed by atoms with Crippen molar-refractivity contribution in [3.63, 3.8) is 0 Å². The molecule has 1 aromatic carbocycles. The van der Waals surface area contributed by atoms with Crippen molar-refractivity contribution in [3.8, 4) is 0 Å². The summed E-state index contributed by atoms with van der Waals surface area (Å²) < 4.78 is 3.15. The molecule has 0 N–H and O–H groups in total. The summed E-state index contributed by atoms with van der Waals surface area (Å²) in [5.74, 6) is 0.912. The summed E-state index contributed by atoms with van der Waals surface area (Å²) in [6, 6.07) is 12.4. The Morgan fingerprint density at radius 1 is 1.20 bits per heavy atom. The lowest BCUT2D eigenvalue weighted by Gasteiger charge is -2.14. The Morgan fingerprint density at radius 2 is 1.95 bits per heavy atom. The summed E-state index contributed by atoms with van der Waals surface area (Å²) in [6.45, 7) is 0.781. The minimum atomic E-state index is 0.771. The topological polar surface area (TPSA) is 34.0 Å². The summed E-state index contributed by atoms with van der Waals surface area (Å²) in [7, 11) is 4.00. The van der Waals surface area contributed by atoms with Crippen LogP contribution in [0.2, 0.25) is 0 Å². The highest BCUT2D eigenvalue weighted by atomic mass is 79.9. The van der Waals surface area contributed by atoms with Gasteiger partial charge in [0.05, 0.1) is 12.1 Å². The highest BCUT2D eigenvalue weighted by Gasteiger charge is 2.13. The molecule has 2 heterocycles. The minimum Gasteiger partial charge on any atom is -0.348 e. The Hall–Kier alpha value is -1.88. The zero-order chi connectivity index (χ0) is 14.1. The molecule has 0 aliphatic carbocycles. The molecule has 0 fully saturated rings. The van der Waals surface area contributed by atoms with Crippen LogP contribution in [0.1, 0.15) is 5.56 Å². The predicted octanol–water partition coefficient (Wildman–Crippen LogP) is 3.31. The van der Waals surface area contributed by atoms with Crippen LogP contribution in [0.3, 0.4) is 0 Å². The van der Waals surface area contributed by atoms with Crippen LogP contribution in [0.4, 0.5) is 5.95 Å². The van der Waals surface area contributed by atoms with Gasteiger partial charge in [0.15, 0.2) is 5.65 Å². The zero-order valence-electron chi connectivity index (χ0n) is 11.4. The third kappa shape index (κ3) is 2.41. The van der Waals surface area contributed by atoms with Crippen LogP contribution >= 0.6 is 15.9 Å². The molecular formula is C15H15BrN4. The van der Waals surface area contributed by atoms with E-state index in [1.54, 1.807) is 6.20 Å². The van der Waals surface area contributed by atoms with Crippen molar-refractivity contribution in [1.82, 2.24) is 14.5 Å². The first-order chi connectivity index (χ1) is 9.65. The van der Waals surface area contributed by atoms with E-state index in [1.807, 2.05) is 25.1 Å². The zero-order valence-corrected chi connectivity index (χ0v) is 13.0. The summed E-state index contributed by atoms with van der Waals surface area (Å²) >= 11 is 3.48. The number of aromatic nitrogens is 3. The largest absolute Gasteiger partial charge is 0.348 e. The van der Waals surface area contributed by atoms with Gasteiger partial charge in [-0.25, -0.2) is 4.98 Å². The average Bonchev–Trinajstić information content (AvgIpc) is 2.78. The molecular weight excluding hydrogens is 316 g/mol. The normalized spacial score (nSPS) is 10.9. The number of anilines is 1. The second-order valence-corrected chi connectivity index (χ2v) is 5.79. The third-order valence-corrected chi connectivity index (χ3v) is 3.57. The number of nitrogens with zero attached hydrogens (tertiary/aromatic N) is 4. The van der Waals surface area contributed by atoms with E-state index in [0.717, 1.165) is 28.1 Å². The van der Waals surface area contributed by atoms with Gasteiger partial charge in [0, 0.05) is 24.8 Å². The molecule has 0 bridgehead atoms. The Morgan fingerprint density at radius 3 is 2.65 bits per heavy atom. The molecule has 0 spiro atoms. The second-order valence-electron chi connectivity index (χ2n) is 4.87. The summed E-state index contributed by atoms with van der Waals surface area (Å²) in [5.41, 5.74) is 3.05. The number of imidazole rings is 1. The molecule has 0 saturated heterocycles. The first-order valence-corrected chi connectivity index (χ1v) is 7.17. The molecule has 0 saturated carbocycles. The summed E-state index contributed by atoms with van der Waals surface area (Å²) in [6.07, 6.45) is 1.78. The molecule has 3 aromatic rings. The number of pyridine rings is 1. The maximum atomic E-state index is 4.61. The molecule has 4 nitrogen and oxygen atoms in total. The van der Waals surface area contributed by atoms with Gasteiger partial charge >= 0.3 is 0 Å². The van der Waals surface area contributed by atoms with E-state index in [9.17, 15) is 0 Å². The van der Waals surface area contributed by atoms with Crippen molar-refractivity contribution in [2.75, 3.05) is 19.0 Å². The van der Waals surface area contributed by atoms with Crippen molar-refractivity contribution in [1.29, 1.82) is 0 Å². The van der Waals surface area contributed by atoms with Gasteiger partial charge in [0.2, 0.25) is 5.95 Å². The van der Waals surface area contributed by atoms with E-state index >= 15 is 0 Å². The van der Waals surface area contributed by atoms with Crippen LogP contribution in [-0.4, -0.2) is 28.6 Å². The van der Waals surface area contributed by atoms with E-state index in [-0.39, 0.29) is 0 Å². The lowest BCUT2D eigenvalue weighted by atomic mass is 10.2. The minimum absolute atomic E-state index is 0.771. The van der Waals surface area contributed by atoms with Gasteiger partial charge in [-0.3, -0.25) is 0 Å². The lowest BCUT2D eigenvalue weighted by molar-refractivity contribution is 0.801. The Bertz CT molecular complexity index is 734. The number of halogens is 1. The first kappa shape index (κ1) is 13.1. The summed E-state index contributed by atoms with van der Waals surface area (Å²) in [4.78, 5) is 11.0. The molecule has 20 heavy (non-hydrogen) atoms. The molecule has 0 aliphatic heterocycles. The fraction of sp³-hybridized carbons (Fsp3) is 0.200. The first-order valence-electron chi connectivity index (χ1n) is 6.38. The smallest absolute Gasteiger partial charge is 0.207 e. The maximum absolute atomic E-state index is 4.61. The molecule has 0 aliphatic rings. The maximum Gasteiger partial charge on any atom is 0.207 e. The molecule has 102 valence electrons. The molecule has 0 amide bonds. The Kier molecular flexibility index (Phi) is 3.44. The van der Waals surface area contributed by atoms with Gasteiger partial charge in [-0.05, 0) is 27.6 Å². The van der Waals surface area contributed by atoms with Crippen molar-refractivity contribution < 1.29 is 0 Å². The average molecular weight is 331 g/mol. The van der Waals surface area contributed by atoms with Gasteiger partial charge < -0.3 is 9.47 Å². The van der Waals surface area contributed by atoms with Gasteiger partial charge in [-0.2, -0.15) is 4.98 Å². The fourth-order valence-electron chi connectivity index (χ4n) is 2.23. The summed E-state index contributed by atoms with van der Waals surface area (Å²) in [5, 5.41) is 0. The standard InChI is InChI=1S/C15H15BrN4/c1-19(2)15-18-14-13(8-12(16)9-17-14)20(15)10-11-6-4-3-5-7-11/h3-9H,10H2,1-2H3. The van der Waals surface area contributed by atoms with Crippen LogP contribution in [0, 0.1) is 0 Å². The van der Waals surface area contributed by atoms with Crippen LogP contribution in [0.5, 0.6) is 0 Å². The Labute approximate surface area is 126 Å². The number of fused-ring (bicyclic) bond motifs is 1. The number of rotatable bonds is 3.